The second-order valence-electron chi connectivity index (χ2n) is 4.89. The van der Waals surface area contributed by atoms with Gasteiger partial charge in [0, 0.05) is 12.6 Å². The molecule has 1 N–H and O–H groups in total. The van der Waals surface area contributed by atoms with Crippen LogP contribution in [0.4, 0.5) is 0 Å². The highest BCUT2D eigenvalue weighted by Crippen LogP contribution is 2.26. The number of nitrogens with one attached hydrogen (secondary N) is 1. The van der Waals surface area contributed by atoms with Crippen molar-refractivity contribution in [2.24, 2.45) is 11.8 Å². The summed E-state index contributed by atoms with van der Waals surface area (Å²) in [5.74, 6) is 0.638. The Labute approximate surface area is 98.9 Å². The van der Waals surface area contributed by atoms with Crippen molar-refractivity contribution < 1.29 is 9.53 Å². The summed E-state index contributed by atoms with van der Waals surface area (Å²) in [5.41, 5.74) is 0. The van der Waals surface area contributed by atoms with Crippen LogP contribution in [0, 0.1) is 11.8 Å². The van der Waals surface area contributed by atoms with Crippen molar-refractivity contribution in [1.29, 1.82) is 0 Å². The van der Waals surface area contributed by atoms with Crippen LogP contribution < -0.4 is 5.32 Å². The van der Waals surface area contributed by atoms with Gasteiger partial charge < -0.3 is 10.1 Å². The van der Waals surface area contributed by atoms with Gasteiger partial charge in [0.25, 0.3) is 0 Å². The molecule has 0 heterocycles. The van der Waals surface area contributed by atoms with E-state index in [-0.39, 0.29) is 11.9 Å². The highest BCUT2D eigenvalue weighted by Gasteiger charge is 2.24. The first kappa shape index (κ1) is 13.5. The van der Waals surface area contributed by atoms with Crippen LogP contribution in [-0.2, 0) is 9.53 Å². The average Bonchev–Trinajstić information content (AvgIpc) is 2.35. The molecule has 0 aromatic rings. The fourth-order valence-electron chi connectivity index (χ4n) is 2.58. The van der Waals surface area contributed by atoms with Crippen molar-refractivity contribution in [2.75, 3.05) is 13.7 Å². The van der Waals surface area contributed by atoms with Gasteiger partial charge in [-0.05, 0) is 18.8 Å². The van der Waals surface area contributed by atoms with E-state index in [2.05, 4.69) is 12.2 Å². The molecule has 1 aliphatic carbocycles. The fraction of sp³-hybridized carbons (Fsp3) is 0.923. The Morgan fingerprint density at radius 1 is 1.44 bits per heavy atom. The largest absolute Gasteiger partial charge is 0.469 e. The Kier molecular flexibility index (Phi) is 5.81. The molecule has 3 nitrogen and oxygen atoms in total. The van der Waals surface area contributed by atoms with E-state index in [0.29, 0.717) is 6.04 Å². The summed E-state index contributed by atoms with van der Waals surface area (Å²) in [6.07, 6.45) is 6.52. The SMILES string of the molecule is CCC1CCCCC1NCC(C)C(=O)OC. The van der Waals surface area contributed by atoms with Crippen molar-refractivity contribution >= 4 is 5.97 Å². The topological polar surface area (TPSA) is 38.3 Å². The molecule has 0 bridgehead atoms. The summed E-state index contributed by atoms with van der Waals surface area (Å²) in [6.45, 7) is 4.92. The molecule has 3 atom stereocenters. The summed E-state index contributed by atoms with van der Waals surface area (Å²) in [4.78, 5) is 11.3. The second-order valence-corrected chi connectivity index (χ2v) is 4.89. The minimum absolute atomic E-state index is 0.0376. The van der Waals surface area contributed by atoms with E-state index in [4.69, 9.17) is 4.74 Å². The maximum atomic E-state index is 11.3. The van der Waals surface area contributed by atoms with E-state index in [1.807, 2.05) is 6.92 Å². The van der Waals surface area contributed by atoms with Crippen LogP contribution in [0.1, 0.15) is 46.0 Å². The molecular weight excluding hydrogens is 202 g/mol. The number of esters is 1. The van der Waals surface area contributed by atoms with Gasteiger partial charge in [-0.2, -0.15) is 0 Å². The normalized spacial score (nSPS) is 27.4. The number of rotatable bonds is 5. The molecule has 1 saturated carbocycles. The zero-order valence-corrected chi connectivity index (χ0v) is 10.8. The van der Waals surface area contributed by atoms with Gasteiger partial charge in [0.05, 0.1) is 13.0 Å². The molecule has 94 valence electrons. The number of carbonyl (C=O) groups is 1. The summed E-state index contributed by atoms with van der Waals surface area (Å²) in [5, 5.41) is 3.54. The number of carbonyl (C=O) groups excluding carboxylic acids is 1. The molecule has 0 radical (unpaired) electrons. The minimum Gasteiger partial charge on any atom is -0.469 e. The average molecular weight is 227 g/mol. The molecular formula is C13H25NO2. The monoisotopic (exact) mass is 227 g/mol. The highest BCUT2D eigenvalue weighted by molar-refractivity contribution is 5.72. The van der Waals surface area contributed by atoms with E-state index in [9.17, 15) is 4.79 Å². The molecule has 0 aromatic heterocycles. The Morgan fingerprint density at radius 2 is 2.12 bits per heavy atom. The zero-order valence-electron chi connectivity index (χ0n) is 10.8. The third kappa shape index (κ3) is 3.78. The Bertz CT molecular complexity index is 218. The van der Waals surface area contributed by atoms with Gasteiger partial charge in [0.1, 0.15) is 0 Å². The first-order valence-electron chi connectivity index (χ1n) is 6.50. The molecule has 0 aliphatic heterocycles. The van der Waals surface area contributed by atoms with Crippen LogP contribution in [0.3, 0.4) is 0 Å². The predicted molar refractivity (Wildman–Crippen MR) is 65.2 cm³/mol. The highest BCUT2D eigenvalue weighted by atomic mass is 16.5. The van der Waals surface area contributed by atoms with Crippen LogP contribution >= 0.6 is 0 Å². The lowest BCUT2D eigenvalue weighted by atomic mass is 9.83. The van der Waals surface area contributed by atoms with Gasteiger partial charge in [0.2, 0.25) is 0 Å². The summed E-state index contributed by atoms with van der Waals surface area (Å²) >= 11 is 0. The van der Waals surface area contributed by atoms with E-state index in [0.717, 1.165) is 12.5 Å². The summed E-state index contributed by atoms with van der Waals surface area (Å²) in [7, 11) is 1.45. The van der Waals surface area contributed by atoms with Crippen molar-refractivity contribution in [3.8, 4) is 0 Å². The molecule has 0 spiro atoms. The molecule has 1 fully saturated rings. The van der Waals surface area contributed by atoms with Gasteiger partial charge in [-0.3, -0.25) is 4.79 Å². The zero-order chi connectivity index (χ0) is 12.0. The Balaban J connectivity index is 2.32. The van der Waals surface area contributed by atoms with Gasteiger partial charge >= 0.3 is 5.97 Å². The molecule has 0 aromatic carbocycles. The molecule has 3 unspecified atom stereocenters. The number of methoxy groups -OCH3 is 1. The molecule has 0 amide bonds. The lowest BCUT2D eigenvalue weighted by Gasteiger charge is -2.32. The number of ether oxygens (including phenoxy) is 1. The molecule has 0 saturated heterocycles. The van der Waals surface area contributed by atoms with Crippen molar-refractivity contribution in [2.45, 2.75) is 52.0 Å². The van der Waals surface area contributed by atoms with Crippen molar-refractivity contribution in [1.82, 2.24) is 5.32 Å². The first-order chi connectivity index (χ1) is 7.69. The maximum Gasteiger partial charge on any atom is 0.309 e. The lowest BCUT2D eigenvalue weighted by molar-refractivity contribution is -0.144. The maximum absolute atomic E-state index is 11.3. The number of hydrogen-bond donors (Lipinski definition) is 1. The van der Waals surface area contributed by atoms with Gasteiger partial charge in [-0.15, -0.1) is 0 Å². The summed E-state index contributed by atoms with van der Waals surface area (Å²) < 4.78 is 4.73. The second kappa shape index (κ2) is 6.89. The van der Waals surface area contributed by atoms with Crippen LogP contribution in [0.5, 0.6) is 0 Å². The molecule has 16 heavy (non-hydrogen) atoms. The predicted octanol–water partition coefficient (Wildman–Crippen LogP) is 2.35. The smallest absolute Gasteiger partial charge is 0.309 e. The van der Waals surface area contributed by atoms with Crippen LogP contribution in [-0.4, -0.2) is 25.7 Å². The lowest BCUT2D eigenvalue weighted by Crippen LogP contribution is -2.41. The number of hydrogen-bond acceptors (Lipinski definition) is 3. The third-order valence-electron chi connectivity index (χ3n) is 3.72. The van der Waals surface area contributed by atoms with Gasteiger partial charge in [0.15, 0.2) is 0 Å². The molecule has 1 aliphatic rings. The van der Waals surface area contributed by atoms with Crippen LogP contribution in [0.15, 0.2) is 0 Å². The van der Waals surface area contributed by atoms with E-state index < -0.39 is 0 Å². The summed E-state index contributed by atoms with van der Waals surface area (Å²) in [6, 6.07) is 0.603. The van der Waals surface area contributed by atoms with E-state index in [1.54, 1.807) is 0 Å². The minimum atomic E-state index is -0.114. The standard InChI is InChI=1S/C13H25NO2/c1-4-11-7-5-6-8-12(11)14-9-10(2)13(15)16-3/h10-12,14H,4-9H2,1-3H3. The molecule has 1 rings (SSSR count). The molecule has 3 heteroatoms. The third-order valence-corrected chi connectivity index (χ3v) is 3.72. The van der Waals surface area contributed by atoms with E-state index >= 15 is 0 Å². The fourth-order valence-corrected chi connectivity index (χ4v) is 2.58. The quantitative estimate of drug-likeness (QED) is 0.733. The van der Waals surface area contributed by atoms with Crippen molar-refractivity contribution in [3.63, 3.8) is 0 Å². The van der Waals surface area contributed by atoms with Gasteiger partial charge in [-0.25, -0.2) is 0 Å². The Morgan fingerprint density at radius 3 is 2.75 bits per heavy atom. The Hall–Kier alpha value is -0.570. The first-order valence-corrected chi connectivity index (χ1v) is 6.50. The van der Waals surface area contributed by atoms with Crippen LogP contribution in [0.25, 0.3) is 0 Å². The van der Waals surface area contributed by atoms with Gasteiger partial charge in [-0.1, -0.05) is 33.1 Å². The van der Waals surface area contributed by atoms with E-state index in [1.165, 1.54) is 39.2 Å². The van der Waals surface area contributed by atoms with Crippen molar-refractivity contribution in [3.05, 3.63) is 0 Å². The van der Waals surface area contributed by atoms with Crippen LogP contribution in [0.2, 0.25) is 0 Å².